The number of unbranched alkanes of at least 4 members (excludes halogenated alkanes) is 2. The van der Waals surface area contributed by atoms with Crippen molar-refractivity contribution in [1.29, 1.82) is 5.41 Å². The van der Waals surface area contributed by atoms with Crippen LogP contribution >= 0.6 is 0 Å². The lowest BCUT2D eigenvalue weighted by Crippen LogP contribution is -2.21. The Morgan fingerprint density at radius 2 is 2.00 bits per heavy atom. The van der Waals surface area contributed by atoms with Crippen LogP contribution in [0.25, 0.3) is 0 Å². The number of nitrogens with one attached hydrogen (secondary N) is 1. The van der Waals surface area contributed by atoms with Gasteiger partial charge in [-0.2, -0.15) is 0 Å². The van der Waals surface area contributed by atoms with Crippen molar-refractivity contribution in [3.63, 3.8) is 0 Å². The molecule has 0 heterocycles. The lowest BCUT2D eigenvalue weighted by Gasteiger charge is -2.15. The smallest absolute Gasteiger partial charge is 0.0817 e. The predicted molar refractivity (Wildman–Crippen MR) is 45.6 cm³/mol. The monoisotopic (exact) mass is 142 g/mol. The molecule has 0 aromatic rings. The van der Waals surface area contributed by atoms with Crippen LogP contribution in [0.1, 0.15) is 33.1 Å². The summed E-state index contributed by atoms with van der Waals surface area (Å²) in [7, 11) is 0. The van der Waals surface area contributed by atoms with Gasteiger partial charge in [0.1, 0.15) is 0 Å². The van der Waals surface area contributed by atoms with E-state index >= 15 is 0 Å². The zero-order chi connectivity index (χ0) is 7.82. The van der Waals surface area contributed by atoms with Crippen LogP contribution in [0.4, 0.5) is 0 Å². The largest absolute Gasteiger partial charge is 0.363 e. The van der Waals surface area contributed by atoms with Gasteiger partial charge in [0.15, 0.2) is 0 Å². The molecule has 60 valence electrons. The first-order valence-electron chi connectivity index (χ1n) is 4.09. The molecule has 0 atom stereocenters. The quantitative estimate of drug-likeness (QED) is 0.343. The average Bonchev–Trinajstić information content (AvgIpc) is 1.99. The van der Waals surface area contributed by atoms with Gasteiger partial charge in [-0.15, -0.1) is 0 Å². The lowest BCUT2D eigenvalue weighted by atomic mass is 10.2. The van der Waals surface area contributed by atoms with Gasteiger partial charge < -0.3 is 4.90 Å². The molecule has 0 spiro atoms. The van der Waals surface area contributed by atoms with Crippen molar-refractivity contribution in [3.05, 3.63) is 0 Å². The van der Waals surface area contributed by atoms with E-state index in [1.54, 1.807) is 0 Å². The third-order valence-corrected chi connectivity index (χ3v) is 1.64. The van der Waals surface area contributed by atoms with Crippen molar-refractivity contribution in [2.75, 3.05) is 13.1 Å². The van der Waals surface area contributed by atoms with Crippen LogP contribution in [-0.4, -0.2) is 24.3 Å². The van der Waals surface area contributed by atoms with Gasteiger partial charge >= 0.3 is 0 Å². The van der Waals surface area contributed by atoms with E-state index in [9.17, 15) is 0 Å². The highest BCUT2D eigenvalue weighted by Gasteiger charge is 1.93. The summed E-state index contributed by atoms with van der Waals surface area (Å²) in [6, 6.07) is 0. The second-order valence-electron chi connectivity index (χ2n) is 2.46. The first-order valence-corrected chi connectivity index (χ1v) is 4.09. The van der Waals surface area contributed by atoms with E-state index in [1.807, 2.05) is 4.90 Å². The summed E-state index contributed by atoms with van der Waals surface area (Å²) < 4.78 is 0. The molecule has 0 saturated carbocycles. The van der Waals surface area contributed by atoms with Crippen LogP contribution < -0.4 is 0 Å². The summed E-state index contributed by atoms with van der Waals surface area (Å²) in [6.07, 6.45) is 5.19. The zero-order valence-corrected chi connectivity index (χ0v) is 7.06. The van der Waals surface area contributed by atoms with Crippen molar-refractivity contribution in [2.45, 2.75) is 33.1 Å². The fraction of sp³-hybridized carbons (Fsp3) is 0.875. The molecule has 2 nitrogen and oxygen atoms in total. The third-order valence-electron chi connectivity index (χ3n) is 1.64. The molecule has 0 aliphatic heterocycles. The number of rotatable bonds is 6. The Hall–Kier alpha value is -0.530. The van der Waals surface area contributed by atoms with Crippen LogP contribution in [0, 0.1) is 5.41 Å². The molecular weight excluding hydrogens is 124 g/mol. The molecule has 0 saturated heterocycles. The van der Waals surface area contributed by atoms with Gasteiger partial charge in [-0.25, -0.2) is 0 Å². The highest BCUT2D eigenvalue weighted by Crippen LogP contribution is 1.95. The van der Waals surface area contributed by atoms with Crippen LogP contribution in [0.15, 0.2) is 0 Å². The van der Waals surface area contributed by atoms with E-state index in [2.05, 4.69) is 13.8 Å². The van der Waals surface area contributed by atoms with E-state index < -0.39 is 0 Å². The SMILES string of the molecule is CCCCCN(C=N)CC. The van der Waals surface area contributed by atoms with Gasteiger partial charge in [0, 0.05) is 13.1 Å². The van der Waals surface area contributed by atoms with Gasteiger partial charge in [-0.3, -0.25) is 5.41 Å². The standard InChI is InChI=1S/C8H18N2/c1-3-5-6-7-10(4-2)8-9/h8-9H,3-7H2,1-2H3. The molecular formula is C8H18N2. The van der Waals surface area contributed by atoms with Gasteiger partial charge in [0.2, 0.25) is 0 Å². The fourth-order valence-electron chi connectivity index (χ4n) is 0.879. The van der Waals surface area contributed by atoms with Gasteiger partial charge in [-0.1, -0.05) is 19.8 Å². The molecule has 0 unspecified atom stereocenters. The maximum Gasteiger partial charge on any atom is 0.0817 e. The molecule has 2 heteroatoms. The van der Waals surface area contributed by atoms with Gasteiger partial charge in [0.25, 0.3) is 0 Å². The molecule has 0 rings (SSSR count). The fourth-order valence-corrected chi connectivity index (χ4v) is 0.879. The van der Waals surface area contributed by atoms with E-state index in [0.717, 1.165) is 13.1 Å². The molecule has 0 fully saturated rings. The maximum absolute atomic E-state index is 7.00. The second-order valence-corrected chi connectivity index (χ2v) is 2.46. The van der Waals surface area contributed by atoms with Gasteiger partial charge in [-0.05, 0) is 13.3 Å². The van der Waals surface area contributed by atoms with Crippen LogP contribution in [0.2, 0.25) is 0 Å². The van der Waals surface area contributed by atoms with Crippen molar-refractivity contribution >= 4 is 6.34 Å². The minimum atomic E-state index is 0.965. The topological polar surface area (TPSA) is 27.1 Å². The minimum absolute atomic E-state index is 0.965. The normalized spacial score (nSPS) is 9.40. The van der Waals surface area contributed by atoms with E-state index in [0.29, 0.717) is 0 Å². The van der Waals surface area contributed by atoms with E-state index in [4.69, 9.17) is 5.41 Å². The summed E-state index contributed by atoms with van der Waals surface area (Å²) in [5.74, 6) is 0. The Labute approximate surface area is 63.7 Å². The van der Waals surface area contributed by atoms with Crippen molar-refractivity contribution < 1.29 is 0 Å². The van der Waals surface area contributed by atoms with Crippen molar-refractivity contribution in [3.8, 4) is 0 Å². The van der Waals surface area contributed by atoms with Crippen LogP contribution in [-0.2, 0) is 0 Å². The first kappa shape index (κ1) is 9.47. The number of nitrogens with zero attached hydrogens (tertiary/aromatic N) is 1. The first-order chi connectivity index (χ1) is 4.85. The van der Waals surface area contributed by atoms with Crippen molar-refractivity contribution in [1.82, 2.24) is 4.90 Å². The average molecular weight is 142 g/mol. The highest BCUT2D eigenvalue weighted by atomic mass is 15.1. The molecule has 0 amide bonds. The summed E-state index contributed by atoms with van der Waals surface area (Å²) >= 11 is 0. The predicted octanol–water partition coefficient (Wildman–Crippen LogP) is 2.11. The molecule has 1 N–H and O–H groups in total. The Kier molecular flexibility index (Phi) is 6.24. The summed E-state index contributed by atoms with van der Waals surface area (Å²) in [5.41, 5.74) is 0. The van der Waals surface area contributed by atoms with Crippen molar-refractivity contribution in [2.24, 2.45) is 0 Å². The van der Waals surface area contributed by atoms with Crippen LogP contribution in [0.3, 0.4) is 0 Å². The molecule has 0 radical (unpaired) electrons. The number of hydrogen-bond donors (Lipinski definition) is 1. The molecule has 0 bridgehead atoms. The molecule has 0 aromatic heterocycles. The van der Waals surface area contributed by atoms with Crippen LogP contribution in [0.5, 0.6) is 0 Å². The molecule has 0 aliphatic carbocycles. The Balaban J connectivity index is 3.17. The van der Waals surface area contributed by atoms with E-state index in [-0.39, 0.29) is 0 Å². The minimum Gasteiger partial charge on any atom is -0.363 e. The number of hydrogen-bond acceptors (Lipinski definition) is 1. The zero-order valence-electron chi connectivity index (χ0n) is 7.06. The second kappa shape index (κ2) is 6.59. The summed E-state index contributed by atoms with van der Waals surface area (Å²) in [5, 5.41) is 7.00. The van der Waals surface area contributed by atoms with E-state index in [1.165, 1.54) is 25.6 Å². The molecule has 0 aromatic carbocycles. The molecule has 10 heavy (non-hydrogen) atoms. The molecule has 0 aliphatic rings. The Morgan fingerprint density at radius 3 is 2.40 bits per heavy atom. The third kappa shape index (κ3) is 4.36. The summed E-state index contributed by atoms with van der Waals surface area (Å²) in [6.45, 7) is 6.29. The lowest BCUT2D eigenvalue weighted by molar-refractivity contribution is 0.432. The maximum atomic E-state index is 7.00. The highest BCUT2D eigenvalue weighted by molar-refractivity contribution is 5.50. The Bertz CT molecular complexity index is 81.3. The Morgan fingerprint density at radius 1 is 1.30 bits per heavy atom. The summed E-state index contributed by atoms with van der Waals surface area (Å²) in [4.78, 5) is 2.02. The van der Waals surface area contributed by atoms with Gasteiger partial charge in [0.05, 0.1) is 6.34 Å².